The number of hydrogen-bond acceptors (Lipinski definition) is 8. The van der Waals surface area contributed by atoms with Gasteiger partial charge in [0.25, 0.3) is 5.91 Å². The number of amides is 1. The minimum atomic E-state index is -4.11. The summed E-state index contributed by atoms with van der Waals surface area (Å²) in [6, 6.07) is 33.5. The maximum absolute atomic E-state index is 14.5. The number of fused-ring (bicyclic) bond motifs is 1. The first-order chi connectivity index (χ1) is 21.5. The molecule has 6 rings (SSSR count). The second-order valence-corrected chi connectivity index (χ2v) is 12.4. The molecule has 3 atom stereocenters. The Morgan fingerprint density at radius 3 is 1.91 bits per heavy atom. The van der Waals surface area contributed by atoms with Crippen molar-refractivity contribution in [1.82, 2.24) is 4.90 Å². The van der Waals surface area contributed by atoms with Crippen LogP contribution in [-0.2, 0) is 36.7 Å². The third-order valence-corrected chi connectivity index (χ3v) is 9.11. The molecule has 1 unspecified atom stereocenters. The minimum Gasteiger partial charge on any atom is -0.478 e. The molecular formula is C34H31N2O7P. The molecule has 0 aliphatic carbocycles. The Kier molecular flexibility index (Phi) is 8.75. The Morgan fingerprint density at radius 2 is 1.34 bits per heavy atom. The van der Waals surface area contributed by atoms with Gasteiger partial charge in [0.1, 0.15) is 36.9 Å². The van der Waals surface area contributed by atoms with E-state index in [2.05, 4.69) is 4.99 Å². The van der Waals surface area contributed by atoms with Gasteiger partial charge in [-0.3, -0.25) is 4.79 Å². The zero-order chi connectivity index (χ0) is 30.4. The van der Waals surface area contributed by atoms with Gasteiger partial charge in [0.05, 0.1) is 6.04 Å². The van der Waals surface area contributed by atoms with Gasteiger partial charge in [-0.15, -0.1) is 0 Å². The van der Waals surface area contributed by atoms with Crippen LogP contribution in [0.15, 0.2) is 126 Å². The molecule has 1 saturated heterocycles. The number of β-lactam (4-membered cyclic amide) rings is 1. The molecule has 4 aromatic rings. The van der Waals surface area contributed by atoms with Crippen molar-refractivity contribution in [3.05, 3.63) is 132 Å². The molecule has 0 spiro atoms. The molecule has 4 aromatic carbocycles. The van der Waals surface area contributed by atoms with Gasteiger partial charge in [0.2, 0.25) is 0 Å². The van der Waals surface area contributed by atoms with Crippen molar-refractivity contribution < 1.29 is 32.7 Å². The number of rotatable bonds is 12. The molecule has 10 heteroatoms. The van der Waals surface area contributed by atoms with Crippen LogP contribution >= 0.6 is 7.60 Å². The topological polar surface area (TPSA) is 104 Å². The quantitative estimate of drug-likeness (QED) is 0.115. The predicted octanol–water partition coefficient (Wildman–Crippen LogP) is 5.70. The van der Waals surface area contributed by atoms with E-state index >= 15 is 0 Å². The lowest BCUT2D eigenvalue weighted by Gasteiger charge is -2.49. The first-order valence-electron chi connectivity index (χ1n) is 14.3. The van der Waals surface area contributed by atoms with Crippen molar-refractivity contribution in [3.8, 4) is 11.5 Å². The maximum Gasteiger partial charge on any atom is 0.433 e. The lowest BCUT2D eigenvalue weighted by Crippen LogP contribution is -2.72. The summed E-state index contributed by atoms with van der Waals surface area (Å²) in [4.78, 5) is 33.3. The fraction of sp³-hybridized carbons (Fsp3) is 0.206. The van der Waals surface area contributed by atoms with Gasteiger partial charge in [0.15, 0.2) is 11.9 Å². The summed E-state index contributed by atoms with van der Waals surface area (Å²) in [6.45, 7) is 0.111. The van der Waals surface area contributed by atoms with Crippen LogP contribution in [0.5, 0.6) is 11.5 Å². The molecule has 224 valence electrons. The third kappa shape index (κ3) is 6.84. The molecule has 0 radical (unpaired) electrons. The fourth-order valence-corrected chi connectivity index (χ4v) is 7.00. The Labute approximate surface area is 255 Å². The van der Waals surface area contributed by atoms with Crippen LogP contribution in [0.4, 0.5) is 0 Å². The number of aliphatic imine (C=N–C) groups is 1. The zero-order valence-electron chi connectivity index (χ0n) is 23.8. The van der Waals surface area contributed by atoms with E-state index in [4.69, 9.17) is 18.5 Å². The lowest BCUT2D eigenvalue weighted by molar-refractivity contribution is -0.169. The SMILES string of the molecule is O=C(OCc1ccccc1)C(CP(=O)(Oc1ccccc1)Oc1ccccc1)N1C(=O)[C@H]2N=C(Cc3ccccc3)OC[C@H]21. The molecule has 2 aliphatic rings. The summed E-state index contributed by atoms with van der Waals surface area (Å²) >= 11 is 0. The minimum absolute atomic E-state index is 0.0223. The number of carbonyl (C=O) groups is 2. The number of benzene rings is 4. The first-order valence-corrected chi connectivity index (χ1v) is 16.0. The van der Waals surface area contributed by atoms with Crippen molar-refractivity contribution in [1.29, 1.82) is 0 Å². The van der Waals surface area contributed by atoms with Crippen LogP contribution in [-0.4, -0.2) is 53.6 Å². The van der Waals surface area contributed by atoms with Gasteiger partial charge in [-0.1, -0.05) is 97.1 Å². The monoisotopic (exact) mass is 610 g/mol. The van der Waals surface area contributed by atoms with Crippen LogP contribution in [0.2, 0.25) is 0 Å². The molecular weight excluding hydrogens is 579 g/mol. The van der Waals surface area contributed by atoms with Gasteiger partial charge in [-0.2, -0.15) is 0 Å². The van der Waals surface area contributed by atoms with Crippen molar-refractivity contribution in [2.45, 2.75) is 31.2 Å². The molecule has 0 aromatic heterocycles. The van der Waals surface area contributed by atoms with E-state index in [1.165, 1.54) is 4.90 Å². The summed E-state index contributed by atoms with van der Waals surface area (Å²) in [5.41, 5.74) is 1.78. The predicted molar refractivity (Wildman–Crippen MR) is 165 cm³/mol. The smallest absolute Gasteiger partial charge is 0.433 e. The van der Waals surface area contributed by atoms with Crippen LogP contribution in [0.1, 0.15) is 11.1 Å². The second kappa shape index (κ2) is 13.2. The zero-order valence-corrected chi connectivity index (χ0v) is 24.7. The maximum atomic E-state index is 14.5. The van der Waals surface area contributed by atoms with Crippen LogP contribution in [0.25, 0.3) is 0 Å². The number of hydrogen-bond donors (Lipinski definition) is 0. The Balaban J connectivity index is 1.27. The average Bonchev–Trinajstić information content (AvgIpc) is 3.05. The fourth-order valence-electron chi connectivity index (χ4n) is 5.18. The molecule has 9 nitrogen and oxygen atoms in total. The number of ether oxygens (including phenoxy) is 2. The highest BCUT2D eigenvalue weighted by molar-refractivity contribution is 7.54. The highest BCUT2D eigenvalue weighted by atomic mass is 31.2. The molecule has 2 aliphatic heterocycles. The van der Waals surface area contributed by atoms with Gasteiger partial charge < -0.3 is 23.4 Å². The number of carbonyl (C=O) groups excluding carboxylic acids is 2. The Morgan fingerprint density at radius 1 is 0.818 bits per heavy atom. The van der Waals surface area contributed by atoms with Gasteiger partial charge in [-0.05, 0) is 35.4 Å². The van der Waals surface area contributed by atoms with E-state index in [1.54, 1.807) is 60.7 Å². The summed E-state index contributed by atoms with van der Waals surface area (Å²) in [5.74, 6) is -0.0526. The summed E-state index contributed by atoms with van der Waals surface area (Å²) in [7, 11) is -4.11. The summed E-state index contributed by atoms with van der Waals surface area (Å²) in [5, 5.41) is 0. The largest absolute Gasteiger partial charge is 0.478 e. The molecule has 0 N–H and O–H groups in total. The number of likely N-dealkylation sites (tertiary alicyclic amines) is 1. The van der Waals surface area contributed by atoms with E-state index in [0.29, 0.717) is 23.8 Å². The van der Waals surface area contributed by atoms with Crippen molar-refractivity contribution in [2.75, 3.05) is 12.8 Å². The van der Waals surface area contributed by atoms with Crippen molar-refractivity contribution in [3.63, 3.8) is 0 Å². The molecule has 1 amide bonds. The lowest BCUT2D eigenvalue weighted by atomic mass is 9.92. The Bertz CT molecular complexity index is 1610. The standard InChI is InChI=1S/C34H31N2O7P/c37-33-32-29(23-40-31(35-32)21-25-13-5-1-6-14-25)36(33)30(34(38)41-22-26-15-7-2-8-16-26)24-44(39,42-27-17-9-3-10-18-27)43-28-19-11-4-12-20-28/h1-20,29-30,32H,21-24H2/t29-,30?,32+/m1/s1. The number of nitrogens with zero attached hydrogens (tertiary/aromatic N) is 2. The second-order valence-electron chi connectivity index (χ2n) is 10.5. The number of esters is 1. The highest BCUT2D eigenvalue weighted by Gasteiger charge is 2.56. The number of para-hydroxylation sites is 2. The van der Waals surface area contributed by atoms with Gasteiger partial charge in [-0.25, -0.2) is 14.4 Å². The van der Waals surface area contributed by atoms with Crippen LogP contribution in [0, 0.1) is 0 Å². The highest BCUT2D eigenvalue weighted by Crippen LogP contribution is 2.50. The normalized spacial score (nSPS) is 18.1. The first kappa shape index (κ1) is 29.2. The molecule has 0 saturated carbocycles. The molecule has 44 heavy (non-hydrogen) atoms. The third-order valence-electron chi connectivity index (χ3n) is 7.33. The van der Waals surface area contributed by atoms with Crippen molar-refractivity contribution in [2.24, 2.45) is 4.99 Å². The summed E-state index contributed by atoms with van der Waals surface area (Å²) in [6.07, 6.45) is 0.00484. The van der Waals surface area contributed by atoms with Gasteiger partial charge >= 0.3 is 13.6 Å². The Hall–Kier alpha value is -4.88. The average molecular weight is 611 g/mol. The van der Waals surface area contributed by atoms with Crippen molar-refractivity contribution >= 4 is 25.4 Å². The van der Waals surface area contributed by atoms with Gasteiger partial charge in [0, 0.05) is 6.42 Å². The van der Waals surface area contributed by atoms with E-state index in [1.807, 2.05) is 60.7 Å². The van der Waals surface area contributed by atoms with Crippen LogP contribution in [0.3, 0.4) is 0 Å². The van der Waals surface area contributed by atoms with Crippen LogP contribution < -0.4 is 9.05 Å². The summed E-state index contributed by atoms with van der Waals surface area (Å²) < 4.78 is 38.0. The molecule has 0 bridgehead atoms. The van der Waals surface area contributed by atoms with E-state index < -0.39 is 37.9 Å². The van der Waals surface area contributed by atoms with E-state index in [9.17, 15) is 14.2 Å². The molecule has 2 heterocycles. The molecule has 1 fully saturated rings. The van der Waals surface area contributed by atoms with E-state index in [-0.39, 0.29) is 19.1 Å². The van der Waals surface area contributed by atoms with E-state index in [0.717, 1.165) is 11.1 Å².